The van der Waals surface area contributed by atoms with E-state index < -0.39 is 0 Å². The first-order valence-electron chi connectivity index (χ1n) is 7.84. The van der Waals surface area contributed by atoms with E-state index in [1.54, 1.807) is 11.3 Å². The van der Waals surface area contributed by atoms with Crippen LogP contribution in [0.2, 0.25) is 0 Å². The standard InChI is InChI=1S/C19H16N2O3S/c1-12-15(20-17(24-12)13-6-4-3-5-7-13)11-21-16(19(22)23-2)10-14-8-9-25-18(14)21/h3-10H,11H2,1-2H3. The highest BCUT2D eigenvalue weighted by Gasteiger charge is 2.20. The number of thiophene rings is 1. The van der Waals surface area contributed by atoms with E-state index in [4.69, 9.17) is 9.15 Å². The predicted molar refractivity (Wildman–Crippen MR) is 96.9 cm³/mol. The fraction of sp³-hybridized carbons (Fsp3) is 0.158. The number of hydrogen-bond donors (Lipinski definition) is 0. The van der Waals surface area contributed by atoms with E-state index in [0.717, 1.165) is 27.2 Å². The first-order valence-corrected chi connectivity index (χ1v) is 8.72. The van der Waals surface area contributed by atoms with Gasteiger partial charge in [-0.25, -0.2) is 9.78 Å². The van der Waals surface area contributed by atoms with Crippen molar-refractivity contribution in [2.24, 2.45) is 0 Å². The largest absolute Gasteiger partial charge is 0.464 e. The lowest BCUT2D eigenvalue weighted by Gasteiger charge is -2.07. The van der Waals surface area contributed by atoms with Gasteiger partial charge in [-0.1, -0.05) is 18.2 Å². The molecule has 25 heavy (non-hydrogen) atoms. The summed E-state index contributed by atoms with van der Waals surface area (Å²) in [6.45, 7) is 2.35. The summed E-state index contributed by atoms with van der Waals surface area (Å²) in [6, 6.07) is 13.6. The topological polar surface area (TPSA) is 57.3 Å². The first-order chi connectivity index (χ1) is 12.2. The molecule has 0 aliphatic carbocycles. The van der Waals surface area contributed by atoms with Gasteiger partial charge in [0.15, 0.2) is 0 Å². The van der Waals surface area contributed by atoms with Crippen LogP contribution in [0.5, 0.6) is 0 Å². The van der Waals surface area contributed by atoms with Crippen molar-refractivity contribution in [3.8, 4) is 11.5 Å². The highest BCUT2D eigenvalue weighted by Crippen LogP contribution is 2.28. The molecule has 0 bridgehead atoms. The molecule has 126 valence electrons. The molecule has 5 nitrogen and oxygen atoms in total. The van der Waals surface area contributed by atoms with Crippen LogP contribution in [0.15, 0.2) is 52.3 Å². The van der Waals surface area contributed by atoms with Crippen molar-refractivity contribution in [3.63, 3.8) is 0 Å². The van der Waals surface area contributed by atoms with Crippen LogP contribution in [0.25, 0.3) is 21.7 Å². The second kappa shape index (κ2) is 6.22. The van der Waals surface area contributed by atoms with Crippen LogP contribution >= 0.6 is 11.3 Å². The zero-order valence-corrected chi connectivity index (χ0v) is 14.7. The molecule has 0 N–H and O–H groups in total. The highest BCUT2D eigenvalue weighted by atomic mass is 32.1. The molecule has 6 heteroatoms. The lowest BCUT2D eigenvalue weighted by Crippen LogP contribution is -2.11. The molecule has 0 radical (unpaired) electrons. The van der Waals surface area contributed by atoms with E-state index in [1.807, 2.05) is 59.3 Å². The summed E-state index contributed by atoms with van der Waals surface area (Å²) in [5, 5.41) is 3.03. The number of fused-ring (bicyclic) bond motifs is 1. The van der Waals surface area contributed by atoms with Gasteiger partial charge in [-0.15, -0.1) is 11.3 Å². The summed E-state index contributed by atoms with van der Waals surface area (Å²) in [5.74, 6) is 0.975. The summed E-state index contributed by atoms with van der Waals surface area (Å²) in [7, 11) is 1.39. The maximum absolute atomic E-state index is 12.1. The Labute approximate surface area is 148 Å². The molecule has 0 spiro atoms. The molecule has 0 fully saturated rings. The highest BCUT2D eigenvalue weighted by molar-refractivity contribution is 7.16. The molecule has 3 heterocycles. The van der Waals surface area contributed by atoms with Crippen LogP contribution in [0.4, 0.5) is 0 Å². The number of nitrogens with zero attached hydrogens (tertiary/aromatic N) is 2. The fourth-order valence-electron chi connectivity index (χ4n) is 2.83. The van der Waals surface area contributed by atoms with Gasteiger partial charge < -0.3 is 13.7 Å². The Kier molecular flexibility index (Phi) is 3.89. The number of rotatable bonds is 4. The maximum atomic E-state index is 12.1. The van der Waals surface area contributed by atoms with Crippen molar-refractivity contribution in [1.29, 1.82) is 0 Å². The van der Waals surface area contributed by atoms with E-state index in [2.05, 4.69) is 4.98 Å². The quantitative estimate of drug-likeness (QED) is 0.507. The van der Waals surface area contributed by atoms with Crippen LogP contribution in [0.1, 0.15) is 21.9 Å². The van der Waals surface area contributed by atoms with Crippen LogP contribution in [0.3, 0.4) is 0 Å². The van der Waals surface area contributed by atoms with Gasteiger partial charge in [-0.05, 0) is 36.6 Å². The van der Waals surface area contributed by atoms with Crippen molar-refractivity contribution < 1.29 is 13.9 Å². The number of carbonyl (C=O) groups excluding carboxylic acids is 1. The molecule has 0 saturated carbocycles. The Morgan fingerprint density at radius 1 is 1.28 bits per heavy atom. The third kappa shape index (κ3) is 2.74. The number of esters is 1. The molecule has 1 aromatic carbocycles. The fourth-order valence-corrected chi connectivity index (χ4v) is 3.73. The van der Waals surface area contributed by atoms with Crippen LogP contribution in [0, 0.1) is 6.92 Å². The van der Waals surface area contributed by atoms with Crippen LogP contribution < -0.4 is 0 Å². The monoisotopic (exact) mass is 352 g/mol. The van der Waals surface area contributed by atoms with E-state index in [9.17, 15) is 4.79 Å². The van der Waals surface area contributed by atoms with Gasteiger partial charge in [-0.2, -0.15) is 0 Å². The van der Waals surface area contributed by atoms with E-state index in [1.165, 1.54) is 7.11 Å². The van der Waals surface area contributed by atoms with E-state index >= 15 is 0 Å². The Bertz CT molecular complexity index is 1040. The zero-order chi connectivity index (χ0) is 17.4. The second-order valence-electron chi connectivity index (χ2n) is 5.68. The smallest absolute Gasteiger partial charge is 0.354 e. The molecule has 3 aromatic heterocycles. The third-order valence-corrected chi connectivity index (χ3v) is 5.07. The molecule has 4 rings (SSSR count). The Morgan fingerprint density at radius 2 is 2.08 bits per heavy atom. The summed E-state index contributed by atoms with van der Waals surface area (Å²) >= 11 is 1.59. The molecule has 0 aliphatic rings. The summed E-state index contributed by atoms with van der Waals surface area (Å²) in [5.41, 5.74) is 2.25. The average molecular weight is 352 g/mol. The van der Waals surface area contributed by atoms with Crippen molar-refractivity contribution in [2.45, 2.75) is 13.5 Å². The second-order valence-corrected chi connectivity index (χ2v) is 6.57. The van der Waals surface area contributed by atoms with Gasteiger partial charge in [-0.3, -0.25) is 0 Å². The van der Waals surface area contributed by atoms with Gasteiger partial charge in [0, 0.05) is 10.9 Å². The molecule has 4 aromatic rings. The number of aryl methyl sites for hydroxylation is 1. The number of carbonyl (C=O) groups is 1. The summed E-state index contributed by atoms with van der Waals surface area (Å²) < 4.78 is 12.7. The van der Waals surface area contributed by atoms with Crippen LogP contribution in [-0.4, -0.2) is 22.6 Å². The minimum atomic E-state index is -0.354. The molecule has 0 amide bonds. The molecule has 0 unspecified atom stereocenters. The van der Waals surface area contributed by atoms with Gasteiger partial charge >= 0.3 is 5.97 Å². The number of hydrogen-bond acceptors (Lipinski definition) is 5. The van der Waals surface area contributed by atoms with Gasteiger partial charge in [0.2, 0.25) is 5.89 Å². The first kappa shape index (κ1) is 15.7. The van der Waals surface area contributed by atoms with Crippen molar-refractivity contribution in [2.75, 3.05) is 7.11 Å². The van der Waals surface area contributed by atoms with Crippen molar-refractivity contribution >= 4 is 27.5 Å². The summed E-state index contributed by atoms with van der Waals surface area (Å²) in [4.78, 5) is 17.8. The van der Waals surface area contributed by atoms with E-state index in [-0.39, 0.29) is 5.97 Å². The molecular weight excluding hydrogens is 336 g/mol. The average Bonchev–Trinajstić information content (AvgIpc) is 3.32. The van der Waals surface area contributed by atoms with Gasteiger partial charge in [0.1, 0.15) is 22.0 Å². The predicted octanol–water partition coefficient (Wildman–Crippen LogP) is 4.50. The number of aromatic nitrogens is 2. The maximum Gasteiger partial charge on any atom is 0.354 e. The number of benzene rings is 1. The lowest BCUT2D eigenvalue weighted by atomic mass is 10.2. The minimum Gasteiger partial charge on any atom is -0.464 e. The normalized spacial score (nSPS) is 11.1. The zero-order valence-electron chi connectivity index (χ0n) is 13.9. The Hall–Kier alpha value is -2.86. The van der Waals surface area contributed by atoms with Gasteiger partial charge in [0.05, 0.1) is 13.7 Å². The Morgan fingerprint density at radius 3 is 2.84 bits per heavy atom. The molecule has 0 aliphatic heterocycles. The number of methoxy groups -OCH3 is 1. The minimum absolute atomic E-state index is 0.354. The van der Waals surface area contributed by atoms with E-state index in [0.29, 0.717) is 18.1 Å². The third-order valence-electron chi connectivity index (χ3n) is 4.12. The lowest BCUT2D eigenvalue weighted by molar-refractivity contribution is 0.0589. The van der Waals surface area contributed by atoms with Crippen LogP contribution in [-0.2, 0) is 11.3 Å². The molecule has 0 saturated heterocycles. The number of ether oxygens (including phenoxy) is 1. The van der Waals surface area contributed by atoms with Gasteiger partial charge in [0.25, 0.3) is 0 Å². The molecular formula is C19H16N2O3S. The van der Waals surface area contributed by atoms with Crippen molar-refractivity contribution in [1.82, 2.24) is 9.55 Å². The summed E-state index contributed by atoms with van der Waals surface area (Å²) in [6.07, 6.45) is 0. The molecule has 0 atom stereocenters. The number of oxazole rings is 1. The SMILES string of the molecule is COC(=O)c1cc2ccsc2n1Cc1nc(-c2ccccc2)oc1C. The van der Waals surface area contributed by atoms with Crippen molar-refractivity contribution in [3.05, 3.63) is 65.0 Å². The Balaban J connectivity index is 1.76.